The summed E-state index contributed by atoms with van der Waals surface area (Å²) in [6.45, 7) is 0. The largest absolute Gasteiger partial charge is 0.323 e. The minimum atomic E-state index is -0.327. The van der Waals surface area contributed by atoms with Crippen LogP contribution in [0.2, 0.25) is 0 Å². The third-order valence-electron chi connectivity index (χ3n) is 2.96. The van der Waals surface area contributed by atoms with E-state index in [1.807, 2.05) is 0 Å². The Balaban J connectivity index is 2.08. The van der Waals surface area contributed by atoms with E-state index in [1.165, 1.54) is 22.3 Å². The molecule has 17 heavy (non-hydrogen) atoms. The number of fused-ring (bicyclic) bond motifs is 1. The molecule has 0 saturated heterocycles. The zero-order chi connectivity index (χ0) is 11.8. The van der Waals surface area contributed by atoms with Crippen molar-refractivity contribution in [2.45, 2.75) is 25.3 Å². The van der Waals surface area contributed by atoms with Crippen LogP contribution in [0.5, 0.6) is 0 Å². The van der Waals surface area contributed by atoms with Crippen molar-refractivity contribution in [2.75, 3.05) is 0 Å². The minimum Gasteiger partial charge on any atom is -0.323 e. The van der Waals surface area contributed by atoms with Gasteiger partial charge in [0.25, 0.3) is 0 Å². The Labute approximate surface area is 103 Å². The third kappa shape index (κ3) is 1.85. The second-order valence-corrected chi connectivity index (χ2v) is 5.24. The van der Waals surface area contributed by atoms with Crippen molar-refractivity contribution < 1.29 is 4.39 Å². The van der Waals surface area contributed by atoms with Gasteiger partial charge in [-0.2, -0.15) is 0 Å². The van der Waals surface area contributed by atoms with Crippen LogP contribution in [-0.4, -0.2) is 9.97 Å². The first-order valence-corrected chi connectivity index (χ1v) is 6.43. The monoisotopic (exact) mass is 249 g/mol. The van der Waals surface area contributed by atoms with Gasteiger partial charge in [-0.15, -0.1) is 11.3 Å². The van der Waals surface area contributed by atoms with E-state index >= 15 is 0 Å². The summed E-state index contributed by atoms with van der Waals surface area (Å²) in [4.78, 5) is 9.69. The van der Waals surface area contributed by atoms with Crippen LogP contribution in [0.15, 0.2) is 18.3 Å². The number of thiazole rings is 1. The summed E-state index contributed by atoms with van der Waals surface area (Å²) in [5.41, 5.74) is 7.27. The lowest BCUT2D eigenvalue weighted by Crippen LogP contribution is -2.16. The smallest absolute Gasteiger partial charge is 0.151 e. The van der Waals surface area contributed by atoms with E-state index < -0.39 is 0 Å². The van der Waals surface area contributed by atoms with Gasteiger partial charge in [0.2, 0.25) is 0 Å². The second kappa shape index (κ2) is 4.16. The fourth-order valence-electron chi connectivity index (χ4n) is 2.10. The molecule has 1 atom stereocenters. The number of rotatable bonds is 1. The molecule has 3 nitrogen and oxygen atoms in total. The maximum absolute atomic E-state index is 13.6. The zero-order valence-electron chi connectivity index (χ0n) is 9.19. The summed E-state index contributed by atoms with van der Waals surface area (Å²) in [6, 6.07) is 2.98. The van der Waals surface area contributed by atoms with E-state index in [4.69, 9.17) is 5.73 Å². The molecular weight excluding hydrogens is 237 g/mol. The molecule has 3 rings (SSSR count). The van der Waals surface area contributed by atoms with E-state index in [9.17, 15) is 4.39 Å². The number of aromatic nitrogens is 2. The van der Waals surface area contributed by atoms with Crippen LogP contribution in [0.3, 0.4) is 0 Å². The third-order valence-corrected chi connectivity index (χ3v) is 4.10. The second-order valence-electron chi connectivity index (χ2n) is 4.16. The van der Waals surface area contributed by atoms with Crippen LogP contribution in [0.25, 0.3) is 10.7 Å². The highest BCUT2D eigenvalue weighted by molar-refractivity contribution is 7.15. The summed E-state index contributed by atoms with van der Waals surface area (Å²) in [5.74, 6) is -0.327. The quantitative estimate of drug-likeness (QED) is 0.845. The molecule has 0 aliphatic heterocycles. The highest BCUT2D eigenvalue weighted by Gasteiger charge is 2.23. The van der Waals surface area contributed by atoms with Crippen LogP contribution in [0, 0.1) is 5.82 Å². The van der Waals surface area contributed by atoms with Crippen molar-refractivity contribution in [3.63, 3.8) is 0 Å². The van der Waals surface area contributed by atoms with Gasteiger partial charge < -0.3 is 5.73 Å². The van der Waals surface area contributed by atoms with Gasteiger partial charge in [-0.05, 0) is 31.4 Å². The Morgan fingerprint density at radius 2 is 2.35 bits per heavy atom. The van der Waals surface area contributed by atoms with Gasteiger partial charge in [-0.25, -0.2) is 9.37 Å². The summed E-state index contributed by atoms with van der Waals surface area (Å²) in [6.07, 6.45) is 4.62. The first-order chi connectivity index (χ1) is 8.25. The van der Waals surface area contributed by atoms with Gasteiger partial charge >= 0.3 is 0 Å². The van der Waals surface area contributed by atoms with Crippen molar-refractivity contribution in [3.05, 3.63) is 34.7 Å². The number of pyridine rings is 1. The van der Waals surface area contributed by atoms with Crippen LogP contribution in [0.4, 0.5) is 4.39 Å². The molecule has 0 saturated carbocycles. The summed E-state index contributed by atoms with van der Waals surface area (Å²) in [7, 11) is 0. The first-order valence-electron chi connectivity index (χ1n) is 5.62. The highest BCUT2D eigenvalue weighted by atomic mass is 32.1. The van der Waals surface area contributed by atoms with Gasteiger partial charge in [0.15, 0.2) is 5.82 Å². The number of hydrogen-bond acceptors (Lipinski definition) is 4. The van der Waals surface area contributed by atoms with Crippen molar-refractivity contribution in [1.82, 2.24) is 9.97 Å². The Kier molecular flexibility index (Phi) is 2.64. The summed E-state index contributed by atoms with van der Waals surface area (Å²) >= 11 is 1.51. The lowest BCUT2D eigenvalue weighted by molar-refractivity contribution is 0.563. The number of aryl methyl sites for hydroxylation is 1. The molecular formula is C12H12FN3S. The normalized spacial score (nSPS) is 19.1. The van der Waals surface area contributed by atoms with Gasteiger partial charge in [-0.3, -0.25) is 4.98 Å². The predicted molar refractivity (Wildman–Crippen MR) is 65.2 cm³/mol. The molecule has 0 spiro atoms. The molecule has 0 bridgehead atoms. The number of nitrogens with zero attached hydrogens (tertiary/aromatic N) is 2. The van der Waals surface area contributed by atoms with Crippen molar-refractivity contribution in [2.24, 2.45) is 5.73 Å². The predicted octanol–water partition coefficient (Wildman–Crippen LogP) is 2.68. The van der Waals surface area contributed by atoms with Crippen LogP contribution in [0.1, 0.15) is 29.5 Å². The topological polar surface area (TPSA) is 51.8 Å². The number of halogens is 1. The lowest BCUT2D eigenvalue weighted by Gasteiger charge is -2.15. The van der Waals surface area contributed by atoms with E-state index in [0.29, 0.717) is 10.7 Å². The van der Waals surface area contributed by atoms with Crippen LogP contribution in [-0.2, 0) is 6.42 Å². The Hall–Kier alpha value is -1.33. The van der Waals surface area contributed by atoms with Crippen molar-refractivity contribution >= 4 is 11.3 Å². The van der Waals surface area contributed by atoms with E-state index in [1.54, 1.807) is 12.3 Å². The molecule has 2 aromatic rings. The molecule has 0 radical (unpaired) electrons. The molecule has 2 N–H and O–H groups in total. The van der Waals surface area contributed by atoms with Gasteiger partial charge in [0.1, 0.15) is 10.7 Å². The van der Waals surface area contributed by atoms with E-state index in [-0.39, 0.29) is 11.9 Å². The highest BCUT2D eigenvalue weighted by Crippen LogP contribution is 2.35. The maximum atomic E-state index is 13.6. The van der Waals surface area contributed by atoms with Gasteiger partial charge in [0, 0.05) is 17.1 Å². The standard InChI is InChI=1S/C12H12FN3S/c13-7-3-2-6-15-10(7)12-16-11-8(14)4-1-5-9(11)17-12/h2-3,6,8H,1,4-5,14H2. The zero-order valence-corrected chi connectivity index (χ0v) is 10.0. The Morgan fingerprint density at radius 3 is 3.12 bits per heavy atom. The van der Waals surface area contributed by atoms with E-state index in [0.717, 1.165) is 25.0 Å². The maximum Gasteiger partial charge on any atom is 0.151 e. The van der Waals surface area contributed by atoms with Crippen LogP contribution < -0.4 is 5.73 Å². The molecule has 0 fully saturated rings. The lowest BCUT2D eigenvalue weighted by atomic mass is 9.99. The summed E-state index contributed by atoms with van der Waals surface area (Å²) < 4.78 is 13.6. The molecule has 2 aromatic heterocycles. The molecule has 1 aliphatic rings. The average Bonchev–Trinajstić information content (AvgIpc) is 2.75. The summed E-state index contributed by atoms with van der Waals surface area (Å²) in [5, 5.41) is 0.644. The molecule has 5 heteroatoms. The molecule has 1 unspecified atom stereocenters. The number of nitrogens with two attached hydrogens (primary N) is 1. The minimum absolute atomic E-state index is 0.00414. The number of hydrogen-bond donors (Lipinski definition) is 1. The molecule has 2 heterocycles. The van der Waals surface area contributed by atoms with Crippen molar-refractivity contribution in [3.8, 4) is 10.7 Å². The Bertz CT molecular complexity index is 552. The van der Waals surface area contributed by atoms with Crippen LogP contribution >= 0.6 is 11.3 Å². The molecule has 0 amide bonds. The molecule has 88 valence electrons. The van der Waals surface area contributed by atoms with Crippen molar-refractivity contribution in [1.29, 1.82) is 0 Å². The molecule has 1 aliphatic carbocycles. The average molecular weight is 249 g/mol. The molecule has 0 aromatic carbocycles. The Morgan fingerprint density at radius 1 is 1.47 bits per heavy atom. The fraction of sp³-hybridized carbons (Fsp3) is 0.333. The fourth-order valence-corrected chi connectivity index (χ4v) is 3.27. The van der Waals surface area contributed by atoms with Gasteiger partial charge in [0.05, 0.1) is 5.69 Å². The van der Waals surface area contributed by atoms with E-state index in [2.05, 4.69) is 9.97 Å². The first kappa shape index (κ1) is 10.8. The van der Waals surface area contributed by atoms with Gasteiger partial charge in [-0.1, -0.05) is 0 Å². The SMILES string of the molecule is NC1CCCc2sc(-c3ncccc3F)nc21.